The SMILES string of the molecule is COC(=O)c1cccc(NC(=S)N[C@H](CC(C)C)c2ccc(OC)cc2)c1C. The van der Waals surface area contributed by atoms with E-state index >= 15 is 0 Å². The van der Waals surface area contributed by atoms with Gasteiger partial charge in [-0.25, -0.2) is 4.79 Å². The van der Waals surface area contributed by atoms with Crippen molar-refractivity contribution in [2.24, 2.45) is 5.92 Å². The summed E-state index contributed by atoms with van der Waals surface area (Å²) >= 11 is 5.55. The van der Waals surface area contributed by atoms with Gasteiger partial charge < -0.3 is 20.1 Å². The van der Waals surface area contributed by atoms with Crippen LogP contribution >= 0.6 is 12.2 Å². The van der Waals surface area contributed by atoms with Crippen molar-refractivity contribution in [2.45, 2.75) is 33.2 Å². The molecule has 0 unspecified atom stereocenters. The van der Waals surface area contributed by atoms with Gasteiger partial charge in [-0.3, -0.25) is 0 Å². The van der Waals surface area contributed by atoms with Crippen molar-refractivity contribution in [3.05, 3.63) is 59.2 Å². The topological polar surface area (TPSA) is 59.6 Å². The zero-order valence-corrected chi connectivity index (χ0v) is 17.9. The summed E-state index contributed by atoms with van der Waals surface area (Å²) in [5.41, 5.74) is 3.23. The molecule has 28 heavy (non-hydrogen) atoms. The van der Waals surface area contributed by atoms with Crippen LogP contribution < -0.4 is 15.4 Å². The first-order valence-corrected chi connectivity index (χ1v) is 9.66. The Hall–Kier alpha value is -2.60. The molecule has 2 aromatic carbocycles. The molecule has 0 heterocycles. The van der Waals surface area contributed by atoms with Gasteiger partial charge in [-0.2, -0.15) is 0 Å². The lowest BCUT2D eigenvalue weighted by molar-refractivity contribution is 0.0600. The Kier molecular flexibility index (Phi) is 7.81. The second-order valence-electron chi connectivity index (χ2n) is 7.02. The molecule has 6 heteroatoms. The summed E-state index contributed by atoms with van der Waals surface area (Å²) in [6.45, 7) is 6.23. The molecule has 150 valence electrons. The zero-order valence-electron chi connectivity index (χ0n) is 17.0. The van der Waals surface area contributed by atoms with Gasteiger partial charge in [0.2, 0.25) is 0 Å². The Morgan fingerprint density at radius 3 is 2.36 bits per heavy atom. The van der Waals surface area contributed by atoms with E-state index in [9.17, 15) is 4.79 Å². The van der Waals surface area contributed by atoms with Gasteiger partial charge in [-0.1, -0.05) is 32.0 Å². The number of carbonyl (C=O) groups excluding carboxylic acids is 1. The Bertz CT molecular complexity index is 819. The number of hydrogen-bond donors (Lipinski definition) is 2. The number of hydrogen-bond acceptors (Lipinski definition) is 4. The number of thiocarbonyl (C=S) groups is 1. The molecule has 0 aliphatic carbocycles. The molecule has 2 N–H and O–H groups in total. The highest BCUT2D eigenvalue weighted by Crippen LogP contribution is 2.25. The van der Waals surface area contributed by atoms with E-state index in [-0.39, 0.29) is 12.0 Å². The summed E-state index contributed by atoms with van der Waals surface area (Å²) < 4.78 is 10.1. The van der Waals surface area contributed by atoms with E-state index in [1.54, 1.807) is 19.2 Å². The highest BCUT2D eigenvalue weighted by molar-refractivity contribution is 7.80. The number of nitrogens with one attached hydrogen (secondary N) is 2. The van der Waals surface area contributed by atoms with Gasteiger partial charge in [0.1, 0.15) is 5.75 Å². The van der Waals surface area contributed by atoms with Crippen molar-refractivity contribution in [1.82, 2.24) is 5.32 Å². The average molecular weight is 401 g/mol. The number of esters is 1. The zero-order chi connectivity index (χ0) is 20.7. The minimum Gasteiger partial charge on any atom is -0.497 e. The summed E-state index contributed by atoms with van der Waals surface area (Å²) in [5.74, 6) is 0.950. The normalized spacial score (nSPS) is 11.6. The first-order chi connectivity index (χ1) is 13.3. The van der Waals surface area contributed by atoms with E-state index in [1.807, 2.05) is 37.3 Å². The van der Waals surface area contributed by atoms with E-state index in [2.05, 4.69) is 24.5 Å². The van der Waals surface area contributed by atoms with E-state index in [1.165, 1.54) is 7.11 Å². The number of rotatable bonds is 7. The van der Waals surface area contributed by atoms with Crippen LogP contribution in [0.1, 0.15) is 47.8 Å². The van der Waals surface area contributed by atoms with Crippen LogP contribution in [0.5, 0.6) is 5.75 Å². The highest BCUT2D eigenvalue weighted by atomic mass is 32.1. The van der Waals surface area contributed by atoms with Crippen LogP contribution in [0.15, 0.2) is 42.5 Å². The molecule has 0 aliphatic rings. The molecule has 0 bridgehead atoms. The third-order valence-corrected chi connectivity index (χ3v) is 4.74. The molecule has 0 saturated carbocycles. The molecular formula is C22H28N2O3S. The average Bonchev–Trinajstić information content (AvgIpc) is 2.68. The number of anilines is 1. The van der Waals surface area contributed by atoms with E-state index in [4.69, 9.17) is 21.7 Å². The van der Waals surface area contributed by atoms with Crippen molar-refractivity contribution in [1.29, 1.82) is 0 Å². The Labute approximate surface area is 172 Å². The number of carbonyl (C=O) groups is 1. The molecule has 0 fully saturated rings. The largest absolute Gasteiger partial charge is 0.497 e. The third-order valence-electron chi connectivity index (χ3n) is 4.52. The minimum atomic E-state index is -0.365. The van der Waals surface area contributed by atoms with Crippen molar-refractivity contribution >= 4 is 29.0 Å². The fourth-order valence-corrected chi connectivity index (χ4v) is 3.26. The monoisotopic (exact) mass is 400 g/mol. The molecule has 0 saturated heterocycles. The molecule has 5 nitrogen and oxygen atoms in total. The van der Waals surface area contributed by atoms with Crippen LogP contribution in [-0.2, 0) is 4.74 Å². The second-order valence-corrected chi connectivity index (χ2v) is 7.43. The first-order valence-electron chi connectivity index (χ1n) is 9.25. The summed E-state index contributed by atoms with van der Waals surface area (Å²) in [4.78, 5) is 11.9. The standard InChI is InChI=1S/C22H28N2O3S/c1-14(2)13-20(16-9-11-17(26-4)12-10-16)24-22(28)23-19-8-6-7-18(15(19)3)21(25)27-5/h6-12,14,20H,13H2,1-5H3,(H2,23,24,28)/t20-/m1/s1. The van der Waals surface area contributed by atoms with Gasteiger partial charge in [0.05, 0.1) is 25.8 Å². The van der Waals surface area contributed by atoms with Gasteiger partial charge in [0.15, 0.2) is 5.11 Å². The maximum Gasteiger partial charge on any atom is 0.338 e. The maximum absolute atomic E-state index is 11.9. The maximum atomic E-state index is 11.9. The molecule has 1 atom stereocenters. The van der Waals surface area contributed by atoms with Crippen LogP contribution in [0, 0.1) is 12.8 Å². The number of ether oxygens (including phenoxy) is 2. The highest BCUT2D eigenvalue weighted by Gasteiger charge is 2.17. The molecular weight excluding hydrogens is 372 g/mol. The Morgan fingerprint density at radius 2 is 1.79 bits per heavy atom. The lowest BCUT2D eigenvalue weighted by atomic mass is 9.97. The predicted octanol–water partition coefficient (Wildman–Crippen LogP) is 4.86. The van der Waals surface area contributed by atoms with Gasteiger partial charge in [-0.05, 0) is 66.9 Å². The van der Waals surface area contributed by atoms with Crippen molar-refractivity contribution in [3.8, 4) is 5.75 Å². The number of benzene rings is 2. The van der Waals surface area contributed by atoms with E-state index in [0.29, 0.717) is 16.6 Å². The van der Waals surface area contributed by atoms with Crippen molar-refractivity contribution in [2.75, 3.05) is 19.5 Å². The third kappa shape index (κ3) is 5.70. The molecule has 2 aromatic rings. The van der Waals surface area contributed by atoms with Crippen LogP contribution in [0.2, 0.25) is 0 Å². The van der Waals surface area contributed by atoms with E-state index < -0.39 is 0 Å². The molecule has 0 amide bonds. The van der Waals surface area contributed by atoms with Gasteiger partial charge >= 0.3 is 5.97 Å². The summed E-state index contributed by atoms with van der Waals surface area (Å²) in [6, 6.07) is 13.5. The lowest BCUT2D eigenvalue weighted by Crippen LogP contribution is -2.33. The van der Waals surface area contributed by atoms with E-state index in [0.717, 1.165) is 29.0 Å². The molecule has 0 aromatic heterocycles. The van der Waals surface area contributed by atoms with Crippen molar-refractivity contribution in [3.63, 3.8) is 0 Å². The van der Waals surface area contributed by atoms with Crippen molar-refractivity contribution < 1.29 is 14.3 Å². The van der Waals surface area contributed by atoms with Gasteiger partial charge in [-0.15, -0.1) is 0 Å². The molecule has 0 spiro atoms. The fraction of sp³-hybridized carbons (Fsp3) is 0.364. The second kappa shape index (κ2) is 10.1. The quantitative estimate of drug-likeness (QED) is 0.511. The smallest absolute Gasteiger partial charge is 0.338 e. The predicted molar refractivity (Wildman–Crippen MR) is 117 cm³/mol. The summed E-state index contributed by atoms with van der Waals surface area (Å²) in [5, 5.41) is 7.12. The van der Waals surface area contributed by atoms with Crippen LogP contribution in [0.4, 0.5) is 5.69 Å². The Balaban J connectivity index is 2.16. The van der Waals surface area contributed by atoms with Gasteiger partial charge in [0.25, 0.3) is 0 Å². The van der Waals surface area contributed by atoms with Crippen LogP contribution in [0.3, 0.4) is 0 Å². The lowest BCUT2D eigenvalue weighted by Gasteiger charge is -2.24. The molecule has 0 radical (unpaired) electrons. The molecule has 2 rings (SSSR count). The Morgan fingerprint density at radius 1 is 1.11 bits per heavy atom. The minimum absolute atomic E-state index is 0.0648. The summed E-state index contributed by atoms with van der Waals surface area (Å²) in [7, 11) is 3.03. The first kappa shape index (κ1) is 21.7. The molecule has 0 aliphatic heterocycles. The van der Waals surface area contributed by atoms with Crippen LogP contribution in [0.25, 0.3) is 0 Å². The number of methoxy groups -OCH3 is 2. The van der Waals surface area contributed by atoms with Crippen LogP contribution in [-0.4, -0.2) is 25.3 Å². The summed E-state index contributed by atoms with van der Waals surface area (Å²) in [6.07, 6.45) is 0.926. The van der Waals surface area contributed by atoms with Gasteiger partial charge in [0, 0.05) is 5.69 Å². The fourth-order valence-electron chi connectivity index (χ4n) is 3.00.